The molecule has 0 saturated carbocycles. The van der Waals surface area contributed by atoms with Gasteiger partial charge in [0.05, 0.1) is 20.8 Å². The number of amides is 3. The number of hydrogen-bond acceptors (Lipinski definition) is 5. The normalized spacial score (nSPS) is 10.7. The third-order valence-electron chi connectivity index (χ3n) is 6.47. The Kier molecular flexibility index (Phi) is 11.0. The van der Waals surface area contributed by atoms with Crippen LogP contribution in [0.5, 0.6) is 11.5 Å². The minimum Gasteiger partial charge on any atom is -0.493 e. The number of aryl methyl sites for hydroxylation is 2. The molecule has 3 amide bonds. The van der Waals surface area contributed by atoms with E-state index in [9.17, 15) is 9.59 Å². The zero-order valence-corrected chi connectivity index (χ0v) is 23.9. The lowest BCUT2D eigenvalue weighted by Crippen LogP contribution is -2.45. The van der Waals surface area contributed by atoms with Gasteiger partial charge in [-0.3, -0.25) is 4.79 Å². The SMILES string of the molecule is CCCN(CC(=O)N(CCc1ccc(OC)c(OC)c1)Cc1sccc1C)C(=O)Nc1cccc(CC)c1. The number of hydrogen-bond donors (Lipinski definition) is 1. The van der Waals surface area contributed by atoms with Gasteiger partial charge in [-0.1, -0.05) is 32.0 Å². The quantitative estimate of drug-likeness (QED) is 0.284. The predicted molar refractivity (Wildman–Crippen MR) is 154 cm³/mol. The summed E-state index contributed by atoms with van der Waals surface area (Å²) in [6.07, 6.45) is 2.30. The second-order valence-electron chi connectivity index (χ2n) is 9.19. The van der Waals surface area contributed by atoms with Gasteiger partial charge in [0.25, 0.3) is 0 Å². The van der Waals surface area contributed by atoms with Crippen molar-refractivity contribution in [3.05, 3.63) is 75.5 Å². The van der Waals surface area contributed by atoms with E-state index in [-0.39, 0.29) is 18.5 Å². The molecule has 8 heteroatoms. The highest BCUT2D eigenvalue weighted by Crippen LogP contribution is 2.28. The first-order chi connectivity index (χ1) is 18.4. The van der Waals surface area contributed by atoms with Crippen molar-refractivity contribution < 1.29 is 19.1 Å². The highest BCUT2D eigenvalue weighted by molar-refractivity contribution is 7.10. The molecule has 1 aromatic heterocycles. The Labute approximate surface area is 230 Å². The molecule has 0 atom stereocenters. The van der Waals surface area contributed by atoms with Gasteiger partial charge in [-0.25, -0.2) is 4.79 Å². The summed E-state index contributed by atoms with van der Waals surface area (Å²) in [5.41, 5.74) is 4.09. The van der Waals surface area contributed by atoms with E-state index in [1.807, 2.05) is 59.7 Å². The molecule has 0 unspecified atom stereocenters. The number of rotatable bonds is 13. The zero-order valence-electron chi connectivity index (χ0n) is 23.1. The largest absolute Gasteiger partial charge is 0.493 e. The molecule has 0 spiro atoms. The van der Waals surface area contributed by atoms with Gasteiger partial charge in [-0.15, -0.1) is 11.3 Å². The minimum atomic E-state index is -0.263. The Morgan fingerprint density at radius 3 is 2.37 bits per heavy atom. The number of ether oxygens (including phenoxy) is 2. The Hall–Kier alpha value is -3.52. The van der Waals surface area contributed by atoms with E-state index in [1.54, 1.807) is 30.5 Å². The minimum absolute atomic E-state index is 0.0174. The van der Waals surface area contributed by atoms with Crippen molar-refractivity contribution in [3.63, 3.8) is 0 Å². The number of nitrogens with zero attached hydrogens (tertiary/aromatic N) is 2. The molecule has 7 nitrogen and oxygen atoms in total. The van der Waals surface area contributed by atoms with Crippen molar-refractivity contribution in [1.29, 1.82) is 0 Å². The maximum absolute atomic E-state index is 13.6. The van der Waals surface area contributed by atoms with E-state index in [1.165, 1.54) is 0 Å². The molecular weight excluding hydrogens is 498 g/mol. The van der Waals surface area contributed by atoms with E-state index in [2.05, 4.69) is 25.2 Å². The Morgan fingerprint density at radius 2 is 1.71 bits per heavy atom. The molecule has 0 radical (unpaired) electrons. The Bertz CT molecular complexity index is 1210. The van der Waals surface area contributed by atoms with Gasteiger partial charge in [-0.2, -0.15) is 0 Å². The zero-order chi connectivity index (χ0) is 27.5. The van der Waals surface area contributed by atoms with Crippen molar-refractivity contribution in [3.8, 4) is 11.5 Å². The van der Waals surface area contributed by atoms with Gasteiger partial charge in [0.1, 0.15) is 6.54 Å². The molecule has 1 heterocycles. The van der Waals surface area contributed by atoms with Crippen molar-refractivity contribution in [1.82, 2.24) is 9.80 Å². The molecule has 0 aliphatic carbocycles. The van der Waals surface area contributed by atoms with Crippen LogP contribution in [0, 0.1) is 6.92 Å². The molecule has 0 bridgehead atoms. The van der Waals surface area contributed by atoms with Crippen LogP contribution in [0.1, 0.15) is 41.8 Å². The second kappa shape index (κ2) is 14.4. The van der Waals surface area contributed by atoms with Crippen LogP contribution in [0.4, 0.5) is 10.5 Å². The number of urea groups is 1. The number of nitrogens with one attached hydrogen (secondary N) is 1. The standard InChI is InChI=1S/C30H39N3O4S/c1-6-15-33(30(35)31-25-10-8-9-23(7-2)18-25)21-29(34)32(20-28-22(3)14-17-38-28)16-13-24-11-12-26(36-4)27(19-24)37-5/h8-12,14,17-19H,6-7,13,15-16,20-21H2,1-5H3,(H,31,35). The molecule has 3 rings (SSSR count). The topological polar surface area (TPSA) is 71.1 Å². The first kappa shape index (κ1) is 29.0. The van der Waals surface area contributed by atoms with Crippen LogP contribution in [0.15, 0.2) is 53.9 Å². The molecule has 3 aromatic rings. The number of methoxy groups -OCH3 is 2. The molecule has 0 aliphatic heterocycles. The fraction of sp³-hybridized carbons (Fsp3) is 0.400. The summed E-state index contributed by atoms with van der Waals surface area (Å²) >= 11 is 1.65. The van der Waals surface area contributed by atoms with Gasteiger partial charge < -0.3 is 24.6 Å². The summed E-state index contributed by atoms with van der Waals surface area (Å²) in [4.78, 5) is 31.4. The van der Waals surface area contributed by atoms with E-state index >= 15 is 0 Å². The van der Waals surface area contributed by atoms with Crippen molar-refractivity contribution in [2.45, 2.75) is 46.6 Å². The molecular formula is C30H39N3O4S. The predicted octanol–water partition coefficient (Wildman–Crippen LogP) is 6.15. The van der Waals surface area contributed by atoms with E-state index in [4.69, 9.17) is 9.47 Å². The van der Waals surface area contributed by atoms with Gasteiger partial charge in [0, 0.05) is 23.7 Å². The van der Waals surface area contributed by atoms with Crippen molar-refractivity contribution in [2.24, 2.45) is 0 Å². The molecule has 0 aliphatic rings. The summed E-state index contributed by atoms with van der Waals surface area (Å²) in [6, 6.07) is 15.4. The molecule has 0 fully saturated rings. The van der Waals surface area contributed by atoms with E-state index < -0.39 is 0 Å². The molecule has 38 heavy (non-hydrogen) atoms. The lowest BCUT2D eigenvalue weighted by atomic mass is 10.1. The number of thiophene rings is 1. The third kappa shape index (κ3) is 7.99. The first-order valence-electron chi connectivity index (χ1n) is 13.0. The highest BCUT2D eigenvalue weighted by atomic mass is 32.1. The summed E-state index contributed by atoms with van der Waals surface area (Å²) in [5, 5.41) is 5.02. The monoisotopic (exact) mass is 537 g/mol. The van der Waals surface area contributed by atoms with Crippen LogP contribution in [-0.2, 0) is 24.2 Å². The Balaban J connectivity index is 1.75. The maximum Gasteiger partial charge on any atom is 0.322 e. The maximum atomic E-state index is 13.6. The Morgan fingerprint density at radius 1 is 0.921 bits per heavy atom. The number of carbonyl (C=O) groups excluding carboxylic acids is 2. The van der Waals surface area contributed by atoms with Crippen LogP contribution in [-0.4, -0.2) is 55.6 Å². The van der Waals surface area contributed by atoms with Crippen LogP contribution >= 0.6 is 11.3 Å². The number of carbonyl (C=O) groups is 2. The van der Waals surface area contributed by atoms with Crippen molar-refractivity contribution in [2.75, 3.05) is 39.2 Å². The van der Waals surface area contributed by atoms with Gasteiger partial charge in [0.2, 0.25) is 5.91 Å². The van der Waals surface area contributed by atoms with Gasteiger partial charge >= 0.3 is 6.03 Å². The lowest BCUT2D eigenvalue weighted by molar-refractivity contribution is -0.132. The lowest BCUT2D eigenvalue weighted by Gasteiger charge is -2.28. The fourth-order valence-electron chi connectivity index (χ4n) is 4.19. The number of benzene rings is 2. The van der Waals surface area contributed by atoms with E-state index in [0.29, 0.717) is 37.6 Å². The fourth-order valence-corrected chi connectivity index (χ4v) is 5.11. The van der Waals surface area contributed by atoms with Crippen molar-refractivity contribution >= 4 is 29.0 Å². The van der Waals surface area contributed by atoms with E-state index in [0.717, 1.165) is 40.1 Å². The van der Waals surface area contributed by atoms with Crippen LogP contribution < -0.4 is 14.8 Å². The summed E-state index contributed by atoms with van der Waals surface area (Å²) in [6.45, 7) is 7.68. The molecule has 2 aromatic carbocycles. The smallest absolute Gasteiger partial charge is 0.322 e. The first-order valence-corrected chi connectivity index (χ1v) is 13.9. The van der Waals surface area contributed by atoms with Crippen LogP contribution in [0.3, 0.4) is 0 Å². The average Bonchev–Trinajstić information content (AvgIpc) is 3.34. The van der Waals surface area contributed by atoms with Gasteiger partial charge in [0.15, 0.2) is 11.5 Å². The highest BCUT2D eigenvalue weighted by Gasteiger charge is 2.22. The van der Waals surface area contributed by atoms with Crippen LogP contribution in [0.2, 0.25) is 0 Å². The average molecular weight is 538 g/mol. The van der Waals surface area contributed by atoms with Gasteiger partial charge in [-0.05, 0) is 78.6 Å². The molecule has 0 saturated heterocycles. The summed E-state index contributed by atoms with van der Waals surface area (Å²) in [5.74, 6) is 1.25. The summed E-state index contributed by atoms with van der Waals surface area (Å²) < 4.78 is 10.8. The number of anilines is 1. The molecule has 1 N–H and O–H groups in total. The second-order valence-corrected chi connectivity index (χ2v) is 10.2. The molecule has 204 valence electrons. The van der Waals surface area contributed by atoms with Crippen LogP contribution in [0.25, 0.3) is 0 Å². The summed E-state index contributed by atoms with van der Waals surface area (Å²) in [7, 11) is 3.23. The third-order valence-corrected chi connectivity index (χ3v) is 7.47.